The van der Waals surface area contributed by atoms with E-state index >= 15 is 0 Å². The van der Waals surface area contributed by atoms with Gasteiger partial charge in [-0.05, 0) is 24.3 Å². The van der Waals surface area contributed by atoms with Gasteiger partial charge in [0.2, 0.25) is 0 Å². The van der Waals surface area contributed by atoms with Crippen LogP contribution in [0.1, 0.15) is 16.8 Å². The Morgan fingerprint density at radius 2 is 1.88 bits per heavy atom. The summed E-state index contributed by atoms with van der Waals surface area (Å²) >= 11 is 0. The van der Waals surface area contributed by atoms with Crippen molar-refractivity contribution in [2.75, 3.05) is 12.3 Å². The minimum absolute atomic E-state index is 0.0911. The Labute approximate surface area is 91.8 Å². The lowest BCUT2D eigenvalue weighted by Gasteiger charge is -2.03. The van der Waals surface area contributed by atoms with Crippen molar-refractivity contribution < 1.29 is 9.59 Å². The van der Waals surface area contributed by atoms with Gasteiger partial charge in [0, 0.05) is 29.4 Å². The Morgan fingerprint density at radius 3 is 2.44 bits per heavy atom. The lowest BCUT2D eigenvalue weighted by Crippen LogP contribution is -2.25. The first-order valence-corrected chi connectivity index (χ1v) is 4.63. The molecular weight excluding hydrogens is 210 g/mol. The van der Waals surface area contributed by atoms with Crippen LogP contribution in [0.3, 0.4) is 0 Å². The molecule has 0 atom stereocenters. The van der Waals surface area contributed by atoms with E-state index in [4.69, 9.17) is 5.73 Å². The number of nitrogens with two attached hydrogens (primary N) is 1. The number of nitrogens with zero attached hydrogens (tertiary/aromatic N) is 1. The van der Waals surface area contributed by atoms with E-state index in [0.717, 1.165) is 0 Å². The van der Waals surface area contributed by atoms with Gasteiger partial charge in [0.05, 0.1) is 0 Å². The maximum absolute atomic E-state index is 11.5. The number of benzene rings is 1. The molecule has 0 aromatic heterocycles. The Balaban J connectivity index is 2.44. The van der Waals surface area contributed by atoms with E-state index < -0.39 is 5.91 Å². The minimum Gasteiger partial charge on any atom is -0.399 e. The summed E-state index contributed by atoms with van der Waals surface area (Å²) < 4.78 is 0. The molecule has 84 valence electrons. The summed E-state index contributed by atoms with van der Waals surface area (Å²) in [5.41, 5.74) is 6.47. The third kappa shape index (κ3) is 3.49. The van der Waals surface area contributed by atoms with Gasteiger partial charge in [-0.3, -0.25) is 9.59 Å². The van der Waals surface area contributed by atoms with E-state index in [1.165, 1.54) is 0 Å². The first-order chi connectivity index (χ1) is 7.63. The number of nitrogen functional groups attached to an aromatic ring is 1. The quantitative estimate of drug-likeness (QED) is 0.576. The molecule has 0 fully saturated rings. The molecule has 0 aliphatic rings. The summed E-state index contributed by atoms with van der Waals surface area (Å²) in [4.78, 5) is 31.7. The third-order valence-corrected chi connectivity index (χ3v) is 1.90. The monoisotopic (exact) mass is 221 g/mol. The number of carbonyl (C=O) groups is 2. The van der Waals surface area contributed by atoms with Crippen LogP contribution in [0.2, 0.25) is 0 Å². The largest absolute Gasteiger partial charge is 0.399 e. The molecule has 0 spiro atoms. The van der Waals surface area contributed by atoms with Gasteiger partial charge < -0.3 is 11.1 Å². The normalized spacial score (nSPS) is 9.50. The second kappa shape index (κ2) is 5.59. The van der Waals surface area contributed by atoms with E-state index in [1.807, 2.05) is 0 Å². The molecule has 1 aromatic carbocycles. The highest BCUT2D eigenvalue weighted by Gasteiger charge is 2.06. The standard InChI is InChI=1S/C10H11N3O3/c11-8-3-1-7(2-4-8)10(15)12-6-5-9(14)13-16/h1-4H,5-6,11H2,(H,12,15). The number of nitrogens with one attached hydrogen (secondary N) is 1. The van der Waals surface area contributed by atoms with Crippen LogP contribution in [0.15, 0.2) is 29.4 Å². The summed E-state index contributed by atoms with van der Waals surface area (Å²) in [5.74, 6) is -1.10. The highest BCUT2D eigenvalue weighted by Crippen LogP contribution is 2.04. The molecule has 16 heavy (non-hydrogen) atoms. The number of amides is 2. The average molecular weight is 221 g/mol. The van der Waals surface area contributed by atoms with Gasteiger partial charge in [-0.25, -0.2) is 0 Å². The zero-order valence-corrected chi connectivity index (χ0v) is 8.47. The van der Waals surface area contributed by atoms with Crippen LogP contribution in [-0.4, -0.2) is 18.4 Å². The summed E-state index contributed by atoms with van der Waals surface area (Å²) in [6.45, 7) is 0.0911. The van der Waals surface area contributed by atoms with Crippen molar-refractivity contribution >= 4 is 17.5 Å². The molecule has 3 N–H and O–H groups in total. The fourth-order valence-electron chi connectivity index (χ4n) is 1.07. The van der Waals surface area contributed by atoms with Crippen molar-refractivity contribution in [1.29, 1.82) is 0 Å². The molecule has 0 unspecified atom stereocenters. The van der Waals surface area contributed by atoms with Crippen LogP contribution in [0.5, 0.6) is 0 Å². The van der Waals surface area contributed by atoms with Crippen LogP contribution in [0.25, 0.3) is 0 Å². The number of carbonyl (C=O) groups excluding carboxylic acids is 2. The Hall–Kier alpha value is -2.24. The van der Waals surface area contributed by atoms with Gasteiger partial charge in [0.25, 0.3) is 11.8 Å². The second-order valence-corrected chi connectivity index (χ2v) is 3.11. The van der Waals surface area contributed by atoms with E-state index in [0.29, 0.717) is 11.3 Å². The highest BCUT2D eigenvalue weighted by atomic mass is 16.3. The fourth-order valence-corrected chi connectivity index (χ4v) is 1.07. The smallest absolute Gasteiger partial charge is 0.288 e. The van der Waals surface area contributed by atoms with Crippen molar-refractivity contribution in [2.45, 2.75) is 6.42 Å². The minimum atomic E-state index is -0.780. The molecule has 1 rings (SSSR count). The predicted molar refractivity (Wildman–Crippen MR) is 58.6 cm³/mol. The number of rotatable bonds is 4. The number of hydrogen-bond acceptors (Lipinski definition) is 4. The molecule has 2 amide bonds. The summed E-state index contributed by atoms with van der Waals surface area (Å²) in [6.07, 6.45) is -0.0930. The number of nitroso groups, excluding NO2 is 1. The predicted octanol–water partition coefficient (Wildman–Crippen LogP) is 0.682. The van der Waals surface area contributed by atoms with Crippen molar-refractivity contribution in [3.8, 4) is 0 Å². The average Bonchev–Trinajstić information content (AvgIpc) is 2.29. The zero-order chi connectivity index (χ0) is 12.0. The number of anilines is 1. The molecule has 0 aliphatic heterocycles. The lowest BCUT2D eigenvalue weighted by molar-refractivity contribution is -0.117. The van der Waals surface area contributed by atoms with E-state index in [1.54, 1.807) is 24.3 Å². The van der Waals surface area contributed by atoms with Crippen LogP contribution in [0, 0.1) is 4.91 Å². The Kier molecular flexibility index (Phi) is 4.14. The van der Waals surface area contributed by atoms with Crippen LogP contribution >= 0.6 is 0 Å². The maximum Gasteiger partial charge on any atom is 0.288 e. The molecule has 0 heterocycles. The summed E-state index contributed by atoms with van der Waals surface area (Å²) in [6, 6.07) is 6.36. The molecule has 0 radical (unpaired) electrons. The van der Waals surface area contributed by atoms with Crippen molar-refractivity contribution in [1.82, 2.24) is 5.32 Å². The molecular formula is C10H11N3O3. The second-order valence-electron chi connectivity index (χ2n) is 3.11. The van der Waals surface area contributed by atoms with E-state index in [2.05, 4.69) is 10.5 Å². The van der Waals surface area contributed by atoms with Gasteiger partial charge in [-0.15, -0.1) is 4.91 Å². The molecule has 0 bridgehead atoms. The van der Waals surface area contributed by atoms with Crippen molar-refractivity contribution in [3.05, 3.63) is 34.7 Å². The SMILES string of the molecule is Nc1ccc(C(=O)NCCC(=O)N=O)cc1. The fraction of sp³-hybridized carbons (Fsp3) is 0.200. The van der Waals surface area contributed by atoms with Gasteiger partial charge in [-0.2, -0.15) is 0 Å². The van der Waals surface area contributed by atoms with E-state index in [-0.39, 0.29) is 18.9 Å². The molecule has 6 heteroatoms. The summed E-state index contributed by atoms with van der Waals surface area (Å²) in [5, 5.41) is 4.70. The molecule has 0 aliphatic carbocycles. The van der Waals surface area contributed by atoms with Crippen molar-refractivity contribution in [2.24, 2.45) is 5.18 Å². The first kappa shape index (κ1) is 11.8. The lowest BCUT2D eigenvalue weighted by atomic mass is 10.2. The van der Waals surface area contributed by atoms with Crippen LogP contribution in [0.4, 0.5) is 5.69 Å². The van der Waals surface area contributed by atoms with Gasteiger partial charge in [-0.1, -0.05) is 0 Å². The van der Waals surface area contributed by atoms with Crippen molar-refractivity contribution in [3.63, 3.8) is 0 Å². The highest BCUT2D eigenvalue weighted by molar-refractivity contribution is 5.94. The van der Waals surface area contributed by atoms with Gasteiger partial charge >= 0.3 is 0 Å². The van der Waals surface area contributed by atoms with Gasteiger partial charge in [0.15, 0.2) is 0 Å². The molecule has 0 saturated carbocycles. The molecule has 0 saturated heterocycles. The maximum atomic E-state index is 11.5. The van der Waals surface area contributed by atoms with Gasteiger partial charge in [0.1, 0.15) is 0 Å². The Bertz CT molecular complexity index is 400. The topological polar surface area (TPSA) is 102 Å². The summed E-state index contributed by atoms with van der Waals surface area (Å²) in [7, 11) is 0. The zero-order valence-electron chi connectivity index (χ0n) is 8.47. The third-order valence-electron chi connectivity index (χ3n) is 1.90. The van der Waals surface area contributed by atoms with E-state index in [9.17, 15) is 14.5 Å². The Morgan fingerprint density at radius 1 is 1.25 bits per heavy atom. The first-order valence-electron chi connectivity index (χ1n) is 4.63. The molecule has 6 nitrogen and oxygen atoms in total. The van der Waals surface area contributed by atoms with Crippen LogP contribution < -0.4 is 11.1 Å². The molecule has 1 aromatic rings. The number of hydrogen-bond donors (Lipinski definition) is 2. The van der Waals surface area contributed by atoms with Crippen LogP contribution in [-0.2, 0) is 4.79 Å².